The van der Waals surface area contributed by atoms with Crippen LogP contribution < -0.4 is 11.1 Å². The first-order chi connectivity index (χ1) is 13.4. The van der Waals surface area contributed by atoms with E-state index in [0.717, 1.165) is 28.7 Å². The molecule has 0 saturated heterocycles. The van der Waals surface area contributed by atoms with Crippen molar-refractivity contribution in [2.75, 3.05) is 11.1 Å². The molecule has 3 N–H and O–H groups in total. The summed E-state index contributed by atoms with van der Waals surface area (Å²) in [7, 11) is 0. The number of nitrogens with zero attached hydrogens (tertiary/aromatic N) is 1. The Morgan fingerprint density at radius 2 is 1.75 bits per heavy atom. The molecule has 0 aliphatic rings. The van der Waals surface area contributed by atoms with Gasteiger partial charge in [-0.1, -0.05) is 35.3 Å². The minimum absolute atomic E-state index is 0.0288. The fourth-order valence-corrected chi connectivity index (χ4v) is 3.99. The Kier molecular flexibility index (Phi) is 4.93. The second kappa shape index (κ2) is 7.39. The zero-order valence-corrected chi connectivity index (χ0v) is 16.5. The topological polar surface area (TPSA) is 68.0 Å². The summed E-state index contributed by atoms with van der Waals surface area (Å²) in [5.74, 6) is -1.13. The minimum atomic E-state index is -0.622. The summed E-state index contributed by atoms with van der Waals surface area (Å²) in [6, 6.07) is 15.0. The smallest absolute Gasteiger partial charge is 0.268 e. The Labute approximate surface area is 173 Å². The Morgan fingerprint density at radius 1 is 1.04 bits per heavy atom. The number of rotatable bonds is 3. The SMILES string of the molecule is Nc1c(C(=O)Nc2ccc(Cl)cc2F)sc2nc(-c3ccc(Cl)cc3)ccc12. The third-order valence-corrected chi connectivity index (χ3v) is 5.72. The van der Waals surface area contributed by atoms with Gasteiger partial charge in [0.05, 0.1) is 17.1 Å². The third-order valence-electron chi connectivity index (χ3n) is 4.12. The summed E-state index contributed by atoms with van der Waals surface area (Å²) in [4.78, 5) is 18.1. The molecule has 2 aromatic carbocycles. The second-order valence-corrected chi connectivity index (χ2v) is 7.85. The van der Waals surface area contributed by atoms with E-state index in [0.29, 0.717) is 20.9 Å². The number of carbonyl (C=O) groups is 1. The van der Waals surface area contributed by atoms with E-state index in [-0.39, 0.29) is 15.6 Å². The number of nitrogens with one attached hydrogen (secondary N) is 1. The van der Waals surface area contributed by atoms with Crippen LogP contribution in [0.3, 0.4) is 0 Å². The van der Waals surface area contributed by atoms with Crippen LogP contribution in [0.4, 0.5) is 15.8 Å². The van der Waals surface area contributed by atoms with Gasteiger partial charge in [0.1, 0.15) is 15.5 Å². The van der Waals surface area contributed by atoms with Crippen molar-refractivity contribution in [1.29, 1.82) is 0 Å². The Hall–Kier alpha value is -2.67. The quantitative estimate of drug-likeness (QED) is 0.403. The lowest BCUT2D eigenvalue weighted by Gasteiger charge is -2.05. The zero-order valence-electron chi connectivity index (χ0n) is 14.2. The first kappa shape index (κ1) is 18.7. The van der Waals surface area contributed by atoms with Crippen molar-refractivity contribution in [3.63, 3.8) is 0 Å². The van der Waals surface area contributed by atoms with E-state index in [1.165, 1.54) is 12.1 Å². The molecular weight excluding hydrogens is 420 g/mol. The standard InChI is InChI=1S/C20H12Cl2FN3OS/c21-11-3-1-10(2-4-11)15-8-6-13-17(24)18(28-20(13)26-15)19(27)25-16-7-5-12(22)9-14(16)23/h1-9H,24H2,(H,25,27). The van der Waals surface area contributed by atoms with Crippen LogP contribution in [0.2, 0.25) is 10.0 Å². The molecule has 0 aliphatic carbocycles. The van der Waals surface area contributed by atoms with Gasteiger partial charge in [-0.25, -0.2) is 9.37 Å². The molecule has 4 rings (SSSR count). The number of halogens is 3. The van der Waals surface area contributed by atoms with Gasteiger partial charge in [0.15, 0.2) is 0 Å². The summed E-state index contributed by atoms with van der Waals surface area (Å²) >= 11 is 12.8. The maximum absolute atomic E-state index is 14.0. The van der Waals surface area contributed by atoms with E-state index in [1.807, 2.05) is 24.3 Å². The number of carbonyl (C=O) groups excluding carboxylic acids is 1. The summed E-state index contributed by atoms with van der Waals surface area (Å²) in [6.45, 7) is 0. The molecule has 0 radical (unpaired) electrons. The van der Waals surface area contributed by atoms with Gasteiger partial charge in [-0.2, -0.15) is 0 Å². The van der Waals surface area contributed by atoms with Gasteiger partial charge in [-0.05, 0) is 42.5 Å². The van der Waals surface area contributed by atoms with E-state index in [2.05, 4.69) is 10.3 Å². The van der Waals surface area contributed by atoms with Crippen molar-refractivity contribution in [3.05, 3.63) is 75.3 Å². The number of aromatic nitrogens is 1. The number of anilines is 2. The number of amides is 1. The van der Waals surface area contributed by atoms with Gasteiger partial charge >= 0.3 is 0 Å². The van der Waals surface area contributed by atoms with Gasteiger partial charge < -0.3 is 11.1 Å². The lowest BCUT2D eigenvalue weighted by molar-refractivity contribution is 0.103. The van der Waals surface area contributed by atoms with Gasteiger partial charge in [-0.15, -0.1) is 11.3 Å². The molecule has 0 saturated carbocycles. The van der Waals surface area contributed by atoms with Crippen LogP contribution in [0, 0.1) is 5.82 Å². The maximum atomic E-state index is 14.0. The summed E-state index contributed by atoms with van der Waals surface area (Å²) < 4.78 is 14.0. The number of pyridine rings is 1. The Balaban J connectivity index is 1.68. The van der Waals surface area contributed by atoms with Crippen LogP contribution >= 0.6 is 34.5 Å². The highest BCUT2D eigenvalue weighted by molar-refractivity contribution is 7.21. The first-order valence-electron chi connectivity index (χ1n) is 8.14. The Morgan fingerprint density at radius 3 is 2.46 bits per heavy atom. The van der Waals surface area contributed by atoms with E-state index in [1.54, 1.807) is 12.1 Å². The number of thiophene rings is 1. The molecular formula is C20H12Cl2FN3OS. The Bertz CT molecular complexity index is 1210. The fraction of sp³-hybridized carbons (Fsp3) is 0. The maximum Gasteiger partial charge on any atom is 0.268 e. The lowest BCUT2D eigenvalue weighted by Crippen LogP contribution is -2.13. The van der Waals surface area contributed by atoms with Crippen LogP contribution in [-0.2, 0) is 0 Å². The van der Waals surface area contributed by atoms with Crippen LogP contribution in [0.25, 0.3) is 21.5 Å². The highest BCUT2D eigenvalue weighted by Gasteiger charge is 2.19. The highest BCUT2D eigenvalue weighted by Crippen LogP contribution is 2.35. The van der Waals surface area contributed by atoms with Gasteiger partial charge in [-0.3, -0.25) is 4.79 Å². The first-order valence-corrected chi connectivity index (χ1v) is 9.71. The molecule has 4 nitrogen and oxygen atoms in total. The van der Waals surface area contributed by atoms with Crippen molar-refractivity contribution in [3.8, 4) is 11.3 Å². The molecule has 28 heavy (non-hydrogen) atoms. The number of nitrogen functional groups attached to an aromatic ring is 1. The van der Waals surface area contributed by atoms with Crippen LogP contribution in [-0.4, -0.2) is 10.9 Å². The van der Waals surface area contributed by atoms with Crippen molar-refractivity contribution >= 4 is 62.0 Å². The van der Waals surface area contributed by atoms with E-state index < -0.39 is 11.7 Å². The molecule has 0 unspecified atom stereocenters. The second-order valence-electron chi connectivity index (χ2n) is 5.98. The van der Waals surface area contributed by atoms with E-state index >= 15 is 0 Å². The normalized spacial score (nSPS) is 11.0. The van der Waals surface area contributed by atoms with Gasteiger partial charge in [0, 0.05) is 21.0 Å². The predicted octanol–water partition coefficient (Wildman–Crippen LogP) is 6.24. The number of nitrogens with two attached hydrogens (primary N) is 1. The average molecular weight is 432 g/mol. The zero-order chi connectivity index (χ0) is 19.8. The lowest BCUT2D eigenvalue weighted by atomic mass is 10.1. The molecule has 140 valence electrons. The average Bonchev–Trinajstić information content (AvgIpc) is 3.01. The summed E-state index contributed by atoms with van der Waals surface area (Å²) in [5.41, 5.74) is 8.11. The third kappa shape index (κ3) is 3.54. The number of benzene rings is 2. The number of fused-ring (bicyclic) bond motifs is 1. The highest BCUT2D eigenvalue weighted by atomic mass is 35.5. The van der Waals surface area contributed by atoms with E-state index in [4.69, 9.17) is 28.9 Å². The molecule has 0 atom stereocenters. The summed E-state index contributed by atoms with van der Waals surface area (Å²) in [5, 5.41) is 4.08. The molecule has 4 aromatic rings. The molecule has 0 aliphatic heterocycles. The van der Waals surface area contributed by atoms with Crippen LogP contribution in [0.1, 0.15) is 9.67 Å². The fourth-order valence-electron chi connectivity index (χ4n) is 2.72. The number of hydrogen-bond acceptors (Lipinski definition) is 4. The van der Waals surface area contributed by atoms with Gasteiger partial charge in [0.25, 0.3) is 5.91 Å². The van der Waals surface area contributed by atoms with Crippen molar-refractivity contribution in [2.24, 2.45) is 0 Å². The molecule has 1 amide bonds. The van der Waals surface area contributed by atoms with Crippen molar-refractivity contribution < 1.29 is 9.18 Å². The monoisotopic (exact) mass is 431 g/mol. The van der Waals surface area contributed by atoms with Crippen molar-refractivity contribution in [2.45, 2.75) is 0 Å². The largest absolute Gasteiger partial charge is 0.397 e. The number of hydrogen-bond donors (Lipinski definition) is 2. The molecule has 8 heteroatoms. The molecule has 0 bridgehead atoms. The molecule has 2 heterocycles. The van der Waals surface area contributed by atoms with Gasteiger partial charge in [0.2, 0.25) is 0 Å². The minimum Gasteiger partial charge on any atom is -0.397 e. The molecule has 0 fully saturated rings. The molecule has 0 spiro atoms. The van der Waals surface area contributed by atoms with E-state index in [9.17, 15) is 9.18 Å². The summed E-state index contributed by atoms with van der Waals surface area (Å²) in [6.07, 6.45) is 0. The predicted molar refractivity (Wildman–Crippen MR) is 114 cm³/mol. The van der Waals surface area contributed by atoms with Crippen molar-refractivity contribution in [1.82, 2.24) is 4.98 Å². The van der Waals surface area contributed by atoms with Crippen LogP contribution in [0.15, 0.2) is 54.6 Å². The van der Waals surface area contributed by atoms with Crippen LogP contribution in [0.5, 0.6) is 0 Å². The molecule has 2 aromatic heterocycles.